The molecule has 2 aromatic rings. The van der Waals surface area contributed by atoms with Gasteiger partial charge in [0.15, 0.2) is 5.82 Å². The summed E-state index contributed by atoms with van der Waals surface area (Å²) in [5.41, 5.74) is 7.37. The second-order valence-electron chi connectivity index (χ2n) is 3.94. The monoisotopic (exact) mass is 265 g/mol. The number of aromatic nitrogens is 4. The Bertz CT molecular complexity index is 554. The van der Waals surface area contributed by atoms with Crippen molar-refractivity contribution in [3.8, 4) is 11.4 Å². The van der Waals surface area contributed by atoms with Crippen LogP contribution in [-0.4, -0.2) is 36.4 Å². The summed E-state index contributed by atoms with van der Waals surface area (Å²) in [6.45, 7) is 0.635. The van der Waals surface area contributed by atoms with Gasteiger partial charge in [0.05, 0.1) is 0 Å². The Morgan fingerprint density at radius 1 is 1.39 bits per heavy atom. The van der Waals surface area contributed by atoms with E-state index in [4.69, 9.17) is 5.73 Å². The lowest BCUT2D eigenvalue weighted by molar-refractivity contribution is 0.583. The van der Waals surface area contributed by atoms with Crippen molar-refractivity contribution in [2.75, 3.05) is 17.7 Å². The van der Waals surface area contributed by atoms with Crippen LogP contribution in [0, 0.1) is 0 Å². The van der Waals surface area contributed by atoms with E-state index in [1.54, 1.807) is 10.9 Å². The second kappa shape index (κ2) is 5.72. The smallest absolute Gasteiger partial charge is 0.184 e. The molecule has 0 amide bonds. The Balaban J connectivity index is 2.18. The average molecular weight is 265 g/mol. The number of nitrogens with two attached hydrogens (primary N) is 1. The lowest BCUT2D eigenvalue weighted by Crippen LogP contribution is -2.07. The third-order valence-electron chi connectivity index (χ3n) is 2.54. The molecule has 0 radical (unpaired) electrons. The van der Waals surface area contributed by atoms with E-state index in [1.807, 2.05) is 24.3 Å². The first-order valence-corrected chi connectivity index (χ1v) is 7.32. The zero-order valence-electron chi connectivity index (χ0n) is 10.1. The number of rotatable bonds is 5. The molecule has 1 aromatic carbocycles. The van der Waals surface area contributed by atoms with Gasteiger partial charge in [-0.05, 0) is 29.0 Å². The van der Waals surface area contributed by atoms with E-state index in [2.05, 4.69) is 15.5 Å². The standard InChI is InChI=1S/C11H15N5OS/c1-18(17)8-4-7-16-11(13-14-15-16)9-5-2-3-6-10(9)12/h2-3,5-6H,4,7-8,12H2,1H3. The van der Waals surface area contributed by atoms with Crippen LogP contribution >= 0.6 is 0 Å². The molecule has 0 saturated heterocycles. The van der Waals surface area contributed by atoms with Crippen LogP contribution in [0.5, 0.6) is 0 Å². The van der Waals surface area contributed by atoms with Gasteiger partial charge < -0.3 is 5.73 Å². The van der Waals surface area contributed by atoms with Crippen molar-refractivity contribution < 1.29 is 4.21 Å². The van der Waals surface area contributed by atoms with E-state index in [-0.39, 0.29) is 0 Å². The molecular weight excluding hydrogens is 250 g/mol. The largest absolute Gasteiger partial charge is 0.398 e. The van der Waals surface area contributed by atoms with Crippen LogP contribution < -0.4 is 5.73 Å². The fourth-order valence-corrected chi connectivity index (χ4v) is 2.20. The number of para-hydroxylation sites is 1. The molecule has 0 aliphatic heterocycles. The maximum atomic E-state index is 11.0. The van der Waals surface area contributed by atoms with Crippen molar-refractivity contribution in [2.24, 2.45) is 0 Å². The van der Waals surface area contributed by atoms with Gasteiger partial charge in [0.1, 0.15) is 0 Å². The Labute approximate surface area is 108 Å². The summed E-state index contributed by atoms with van der Waals surface area (Å²) < 4.78 is 12.7. The zero-order valence-corrected chi connectivity index (χ0v) is 10.9. The Morgan fingerprint density at radius 2 is 2.17 bits per heavy atom. The van der Waals surface area contributed by atoms with Crippen molar-refractivity contribution in [1.29, 1.82) is 0 Å². The highest BCUT2D eigenvalue weighted by Gasteiger charge is 2.11. The van der Waals surface area contributed by atoms with Gasteiger partial charge >= 0.3 is 0 Å². The van der Waals surface area contributed by atoms with E-state index in [0.717, 1.165) is 12.0 Å². The Kier molecular flexibility index (Phi) is 4.03. The van der Waals surface area contributed by atoms with E-state index in [1.165, 1.54) is 0 Å². The molecule has 7 heteroatoms. The molecule has 1 aromatic heterocycles. The highest BCUT2D eigenvalue weighted by molar-refractivity contribution is 7.84. The molecular formula is C11H15N5OS. The number of nitrogen functional groups attached to an aromatic ring is 1. The van der Waals surface area contributed by atoms with Crippen molar-refractivity contribution in [3.05, 3.63) is 24.3 Å². The number of anilines is 1. The molecule has 18 heavy (non-hydrogen) atoms. The fraction of sp³-hybridized carbons (Fsp3) is 0.364. The maximum absolute atomic E-state index is 11.0. The summed E-state index contributed by atoms with van der Waals surface area (Å²) >= 11 is 0. The van der Waals surface area contributed by atoms with Crippen LogP contribution in [0.25, 0.3) is 11.4 Å². The minimum atomic E-state index is -0.789. The van der Waals surface area contributed by atoms with Gasteiger partial charge in [0.2, 0.25) is 0 Å². The van der Waals surface area contributed by atoms with Crippen molar-refractivity contribution >= 4 is 16.5 Å². The highest BCUT2D eigenvalue weighted by atomic mass is 32.2. The summed E-state index contributed by atoms with van der Waals surface area (Å²) in [6.07, 6.45) is 2.46. The van der Waals surface area contributed by atoms with Gasteiger partial charge in [-0.15, -0.1) is 5.10 Å². The molecule has 96 valence electrons. The van der Waals surface area contributed by atoms with E-state index in [0.29, 0.717) is 23.8 Å². The highest BCUT2D eigenvalue weighted by Crippen LogP contribution is 2.22. The van der Waals surface area contributed by atoms with Crippen LogP contribution in [0.2, 0.25) is 0 Å². The predicted octanol–water partition coefficient (Wildman–Crippen LogP) is 0.691. The summed E-state index contributed by atoms with van der Waals surface area (Å²) in [7, 11) is -0.789. The van der Waals surface area contributed by atoms with Crippen LogP contribution in [0.15, 0.2) is 24.3 Å². The molecule has 0 fully saturated rings. The minimum Gasteiger partial charge on any atom is -0.398 e. The van der Waals surface area contributed by atoms with Crippen molar-refractivity contribution in [3.63, 3.8) is 0 Å². The van der Waals surface area contributed by atoms with Crippen LogP contribution in [-0.2, 0) is 17.3 Å². The number of tetrazole rings is 1. The van der Waals surface area contributed by atoms with E-state index < -0.39 is 10.8 Å². The molecule has 1 unspecified atom stereocenters. The number of hydrogen-bond donors (Lipinski definition) is 1. The van der Waals surface area contributed by atoms with Gasteiger partial charge in [-0.2, -0.15) is 0 Å². The number of hydrogen-bond acceptors (Lipinski definition) is 5. The summed E-state index contributed by atoms with van der Waals surface area (Å²) in [6, 6.07) is 7.46. The number of aryl methyl sites for hydroxylation is 1. The molecule has 0 bridgehead atoms. The molecule has 0 aliphatic rings. The first kappa shape index (κ1) is 12.7. The van der Waals surface area contributed by atoms with Crippen LogP contribution in [0.3, 0.4) is 0 Å². The summed E-state index contributed by atoms with van der Waals surface area (Å²) in [4.78, 5) is 0. The van der Waals surface area contributed by atoms with E-state index >= 15 is 0 Å². The maximum Gasteiger partial charge on any atom is 0.184 e. The first-order valence-electron chi connectivity index (χ1n) is 5.59. The molecule has 2 rings (SSSR count). The average Bonchev–Trinajstić information content (AvgIpc) is 2.77. The quantitative estimate of drug-likeness (QED) is 0.804. The lowest BCUT2D eigenvalue weighted by atomic mass is 10.1. The van der Waals surface area contributed by atoms with Gasteiger partial charge in [0, 0.05) is 40.6 Å². The zero-order chi connectivity index (χ0) is 13.0. The minimum absolute atomic E-state index is 0.635. The van der Waals surface area contributed by atoms with Gasteiger partial charge in [-0.3, -0.25) is 4.21 Å². The summed E-state index contributed by atoms with van der Waals surface area (Å²) in [5, 5.41) is 11.6. The number of benzene rings is 1. The van der Waals surface area contributed by atoms with E-state index in [9.17, 15) is 4.21 Å². The van der Waals surface area contributed by atoms with Crippen molar-refractivity contribution in [2.45, 2.75) is 13.0 Å². The number of nitrogens with zero attached hydrogens (tertiary/aromatic N) is 4. The summed E-state index contributed by atoms with van der Waals surface area (Å²) in [5.74, 6) is 1.29. The second-order valence-corrected chi connectivity index (χ2v) is 5.50. The third kappa shape index (κ3) is 2.92. The fourth-order valence-electron chi connectivity index (χ4n) is 1.67. The molecule has 1 heterocycles. The van der Waals surface area contributed by atoms with Gasteiger partial charge in [-0.25, -0.2) is 4.68 Å². The van der Waals surface area contributed by atoms with Crippen molar-refractivity contribution in [1.82, 2.24) is 20.2 Å². The molecule has 0 spiro atoms. The molecule has 6 nitrogen and oxygen atoms in total. The molecule has 0 aliphatic carbocycles. The first-order chi connectivity index (χ1) is 8.68. The third-order valence-corrected chi connectivity index (χ3v) is 3.40. The molecule has 0 saturated carbocycles. The Hall–Kier alpha value is -1.76. The SMILES string of the molecule is CS(=O)CCCn1nnnc1-c1ccccc1N. The normalized spacial score (nSPS) is 12.5. The molecule has 2 N–H and O–H groups in total. The predicted molar refractivity (Wildman–Crippen MR) is 71.2 cm³/mol. The molecule has 1 atom stereocenters. The Morgan fingerprint density at radius 3 is 2.89 bits per heavy atom. The lowest BCUT2D eigenvalue weighted by Gasteiger charge is -2.06. The van der Waals surface area contributed by atoms with Crippen LogP contribution in [0.1, 0.15) is 6.42 Å². The van der Waals surface area contributed by atoms with Gasteiger partial charge in [-0.1, -0.05) is 12.1 Å². The van der Waals surface area contributed by atoms with Crippen LogP contribution in [0.4, 0.5) is 5.69 Å². The topological polar surface area (TPSA) is 86.7 Å². The van der Waals surface area contributed by atoms with Gasteiger partial charge in [0.25, 0.3) is 0 Å².